The largest absolute Gasteiger partial charge is 0.481 e. The first-order valence-electron chi connectivity index (χ1n) is 17.7. The molecule has 0 aliphatic rings. The molecule has 2 aromatic carbocycles. The highest BCUT2D eigenvalue weighted by molar-refractivity contribution is 6.01. The highest BCUT2D eigenvalue weighted by Crippen LogP contribution is 2.34. The van der Waals surface area contributed by atoms with Crippen LogP contribution in [0.3, 0.4) is 0 Å². The monoisotopic (exact) mass is 821 g/mol. The van der Waals surface area contributed by atoms with E-state index in [4.69, 9.17) is 9.15 Å². The fraction of sp³-hybridized carbons (Fsp3) is 0.405. The number of hydrogen-bond acceptors (Lipinski definition) is 11. The maximum atomic E-state index is 13.5. The minimum atomic E-state index is -4.93. The number of carbonyl (C=O) groups is 7. The molecule has 1 aromatic heterocycles. The minimum Gasteiger partial charge on any atom is -0.481 e. The van der Waals surface area contributed by atoms with Crippen molar-refractivity contribution in [2.45, 2.75) is 89.5 Å². The van der Waals surface area contributed by atoms with Crippen molar-refractivity contribution in [1.29, 1.82) is 0 Å². The Morgan fingerprint density at radius 3 is 2.02 bits per heavy atom. The zero-order chi connectivity index (χ0) is 43.3. The topological polar surface area (TPSA) is 280 Å². The summed E-state index contributed by atoms with van der Waals surface area (Å²) in [5.74, 6) is -8.15. The quantitative estimate of drug-likeness (QED) is 0.0807. The van der Waals surface area contributed by atoms with Gasteiger partial charge in [-0.05, 0) is 37.0 Å². The summed E-state index contributed by atoms with van der Waals surface area (Å²) in [4.78, 5) is 101. The van der Waals surface area contributed by atoms with E-state index in [0.29, 0.717) is 12.0 Å². The van der Waals surface area contributed by atoms with Gasteiger partial charge in [0, 0.05) is 29.6 Å². The number of aliphatic hydroxyl groups excluding tert-OH is 1. The third-order valence-electron chi connectivity index (χ3n) is 8.65. The van der Waals surface area contributed by atoms with Gasteiger partial charge in [0.05, 0.1) is 18.1 Å². The second-order valence-corrected chi connectivity index (χ2v) is 13.1. The number of halogens is 3. The zero-order valence-electron chi connectivity index (χ0n) is 31.3. The molecule has 8 N–H and O–H groups in total. The fourth-order valence-electron chi connectivity index (χ4n) is 5.40. The number of ether oxygens (including phenoxy) is 1. The molecule has 21 heteroatoms. The average Bonchev–Trinajstić information content (AvgIpc) is 3.15. The van der Waals surface area contributed by atoms with Gasteiger partial charge in [-0.25, -0.2) is 9.59 Å². The number of fused-ring (bicyclic) bond motifs is 1. The van der Waals surface area contributed by atoms with Crippen LogP contribution in [0.4, 0.5) is 23.7 Å². The van der Waals surface area contributed by atoms with E-state index >= 15 is 0 Å². The first-order valence-corrected chi connectivity index (χ1v) is 17.7. The summed E-state index contributed by atoms with van der Waals surface area (Å²) in [6, 6.07) is 4.79. The zero-order valence-corrected chi connectivity index (χ0v) is 31.3. The second-order valence-electron chi connectivity index (χ2n) is 13.1. The Kier molecular flexibility index (Phi) is 16.3. The molecular formula is C37H42F3N5O13. The average molecular weight is 822 g/mol. The lowest BCUT2D eigenvalue weighted by Gasteiger charge is -2.28. The number of aliphatic hydroxyl groups is 1. The maximum absolute atomic E-state index is 13.5. The number of alkyl carbamates (subject to hydrolysis) is 1. The van der Waals surface area contributed by atoms with Gasteiger partial charge >= 0.3 is 29.8 Å². The number of nitrogens with one attached hydrogen (secondary N) is 5. The molecule has 18 nitrogen and oxygen atoms in total. The number of carbonyl (C=O) groups excluding carboxylic acids is 5. The van der Waals surface area contributed by atoms with Crippen molar-refractivity contribution in [3.05, 3.63) is 76.1 Å². The standard InChI is InChI=1S/C37H42F3N5O13/c1-4-18(2)30(45-36(56)57-17-20-8-6-5-7-9-20)34(54)42-24(12-13-27(47)48)32(52)44-31(19(3)46)35(55)43-25(16-28(49)50)33(53)41-21-10-11-22-23(37(38,39)40)15-29(51)58-26(22)14-21/h5-11,14-15,18-19,24-25,30-31,46H,4,12-13,16-17H2,1-3H3,(H,41,53)(H,42,54)(H,43,55)(H,44,52)(H,45,56)(H,47,48)(H,49,50)/t18-,19+,24-,25-,30-,31-/m0/s1. The van der Waals surface area contributed by atoms with Crippen LogP contribution in [0.25, 0.3) is 11.0 Å². The summed E-state index contributed by atoms with van der Waals surface area (Å²) in [6.45, 7) is 4.25. The highest BCUT2D eigenvalue weighted by atomic mass is 19.4. The molecule has 0 saturated carbocycles. The van der Waals surface area contributed by atoms with Crippen molar-refractivity contribution >= 4 is 58.3 Å². The highest BCUT2D eigenvalue weighted by Gasteiger charge is 2.36. The number of carboxylic acids is 2. The maximum Gasteiger partial charge on any atom is 0.417 e. The molecule has 0 bridgehead atoms. The lowest BCUT2D eigenvalue weighted by atomic mass is 9.97. The predicted molar refractivity (Wildman–Crippen MR) is 196 cm³/mol. The van der Waals surface area contributed by atoms with E-state index in [-0.39, 0.29) is 18.4 Å². The van der Waals surface area contributed by atoms with Crippen molar-refractivity contribution in [3.8, 4) is 0 Å². The summed E-state index contributed by atoms with van der Waals surface area (Å²) >= 11 is 0. The van der Waals surface area contributed by atoms with Gasteiger partial charge in [0.2, 0.25) is 23.6 Å². The van der Waals surface area contributed by atoms with Crippen molar-refractivity contribution in [3.63, 3.8) is 0 Å². The Hall–Kier alpha value is -6.51. The third kappa shape index (κ3) is 13.6. The Morgan fingerprint density at radius 2 is 1.43 bits per heavy atom. The van der Waals surface area contributed by atoms with Crippen molar-refractivity contribution < 1.29 is 71.2 Å². The van der Waals surface area contributed by atoms with E-state index < -0.39 is 125 Å². The smallest absolute Gasteiger partial charge is 0.417 e. The number of benzene rings is 2. The van der Waals surface area contributed by atoms with Crippen molar-refractivity contribution in [1.82, 2.24) is 21.3 Å². The molecule has 3 rings (SSSR count). The molecule has 1 heterocycles. The lowest BCUT2D eigenvalue weighted by Crippen LogP contribution is -2.61. The minimum absolute atomic E-state index is 0.127. The van der Waals surface area contributed by atoms with E-state index in [1.165, 1.54) is 0 Å². The normalized spacial score (nSPS) is 14.4. The molecule has 0 radical (unpaired) electrons. The molecule has 0 spiro atoms. The number of carboxylic acid groups (broad SMARTS) is 2. The summed E-state index contributed by atoms with van der Waals surface area (Å²) < 4.78 is 50.4. The molecule has 0 aliphatic carbocycles. The van der Waals surface area contributed by atoms with Gasteiger partial charge in [-0.15, -0.1) is 0 Å². The van der Waals surface area contributed by atoms with Gasteiger partial charge in [0.25, 0.3) is 0 Å². The number of alkyl halides is 3. The van der Waals surface area contributed by atoms with E-state index in [9.17, 15) is 66.8 Å². The van der Waals surface area contributed by atoms with E-state index in [2.05, 4.69) is 26.6 Å². The molecule has 314 valence electrons. The van der Waals surface area contributed by atoms with Gasteiger partial charge in [0.15, 0.2) is 0 Å². The van der Waals surface area contributed by atoms with Gasteiger partial charge in [0.1, 0.15) is 36.4 Å². The van der Waals surface area contributed by atoms with Gasteiger partial charge < -0.3 is 51.1 Å². The molecule has 0 unspecified atom stereocenters. The molecule has 0 fully saturated rings. The number of amides is 5. The van der Waals surface area contributed by atoms with E-state index in [1.54, 1.807) is 44.2 Å². The van der Waals surface area contributed by atoms with Crippen LogP contribution in [-0.2, 0) is 46.3 Å². The van der Waals surface area contributed by atoms with Crippen molar-refractivity contribution in [2.24, 2.45) is 5.92 Å². The summed E-state index contributed by atoms with van der Waals surface area (Å²) in [6.07, 6.45) is -9.56. The lowest BCUT2D eigenvalue weighted by molar-refractivity contribution is -0.141. The Labute approximate surface area is 327 Å². The molecule has 6 atom stereocenters. The predicted octanol–water partition coefficient (Wildman–Crippen LogP) is 2.27. The SMILES string of the molecule is CC[C@H](C)[C@H](NC(=O)OCc1ccccc1)C(=O)N[C@@H](CCC(=O)O)C(=O)N[C@H](C(=O)N[C@@H](CC(=O)O)C(=O)Nc1ccc2c(C(F)(F)F)cc(=O)oc2c1)[C@@H](C)O. The summed E-state index contributed by atoms with van der Waals surface area (Å²) in [5, 5.41) is 39.9. The van der Waals surface area contributed by atoms with Gasteiger partial charge in [-0.1, -0.05) is 50.6 Å². The van der Waals surface area contributed by atoms with Crippen LogP contribution in [0.2, 0.25) is 0 Å². The molecule has 5 amide bonds. The van der Waals surface area contributed by atoms with Gasteiger partial charge in [-0.2, -0.15) is 13.2 Å². The molecule has 0 aliphatic heterocycles. The van der Waals surface area contributed by atoms with Crippen molar-refractivity contribution in [2.75, 3.05) is 5.32 Å². The van der Waals surface area contributed by atoms with Crippen LogP contribution < -0.4 is 32.2 Å². The van der Waals surface area contributed by atoms with Gasteiger partial charge in [-0.3, -0.25) is 28.8 Å². The summed E-state index contributed by atoms with van der Waals surface area (Å²) in [7, 11) is 0. The van der Waals surface area contributed by atoms with Crippen LogP contribution in [0, 0.1) is 5.92 Å². The fourth-order valence-corrected chi connectivity index (χ4v) is 5.40. The third-order valence-corrected chi connectivity index (χ3v) is 8.65. The van der Waals surface area contributed by atoms with Crippen LogP contribution >= 0.6 is 0 Å². The number of anilines is 1. The summed E-state index contributed by atoms with van der Waals surface area (Å²) in [5.41, 5.74) is -2.84. The number of rotatable bonds is 19. The van der Waals surface area contributed by atoms with E-state index in [1.807, 2.05) is 0 Å². The molecular weight excluding hydrogens is 779 g/mol. The molecule has 3 aromatic rings. The number of aliphatic carboxylic acids is 2. The Balaban J connectivity index is 1.78. The Morgan fingerprint density at radius 1 is 0.793 bits per heavy atom. The molecule has 58 heavy (non-hydrogen) atoms. The second kappa shape index (κ2) is 20.6. The Bertz CT molecular complexity index is 2040. The first-order chi connectivity index (χ1) is 27.2. The number of hydrogen-bond donors (Lipinski definition) is 8. The molecule has 0 saturated heterocycles. The van der Waals surface area contributed by atoms with Crippen LogP contribution in [0.5, 0.6) is 0 Å². The first kappa shape index (κ1) is 45.9. The van der Waals surface area contributed by atoms with Crippen LogP contribution in [-0.4, -0.2) is 87.3 Å². The van der Waals surface area contributed by atoms with Crippen LogP contribution in [0.1, 0.15) is 57.6 Å². The van der Waals surface area contributed by atoms with E-state index in [0.717, 1.165) is 25.1 Å². The van der Waals surface area contributed by atoms with Crippen LogP contribution in [0.15, 0.2) is 63.8 Å².